The van der Waals surface area contributed by atoms with E-state index in [1.54, 1.807) is 24.5 Å². The molecule has 1 aromatic heterocycles. The van der Waals surface area contributed by atoms with E-state index in [4.69, 9.17) is 9.47 Å². The highest BCUT2D eigenvalue weighted by Gasteiger charge is 2.33. The quantitative estimate of drug-likeness (QED) is 0.641. The molecule has 1 saturated heterocycles. The lowest BCUT2D eigenvalue weighted by Crippen LogP contribution is -2.52. The van der Waals surface area contributed by atoms with Crippen LogP contribution in [0.25, 0.3) is 0 Å². The molecule has 8 nitrogen and oxygen atoms in total. The van der Waals surface area contributed by atoms with Crippen LogP contribution in [0.1, 0.15) is 29.8 Å². The van der Waals surface area contributed by atoms with Gasteiger partial charge < -0.3 is 25.0 Å². The molecule has 0 aliphatic carbocycles. The summed E-state index contributed by atoms with van der Waals surface area (Å²) in [7, 11) is 3.20. The fourth-order valence-electron chi connectivity index (χ4n) is 3.24. The van der Waals surface area contributed by atoms with E-state index < -0.39 is 6.04 Å². The first kappa shape index (κ1) is 21.1. The largest absolute Gasteiger partial charge is 0.497 e. The summed E-state index contributed by atoms with van der Waals surface area (Å²) in [6.45, 7) is 1.42. The molecule has 2 aromatic rings. The van der Waals surface area contributed by atoms with Crippen LogP contribution >= 0.6 is 11.3 Å². The minimum absolute atomic E-state index is 0.139. The van der Waals surface area contributed by atoms with Crippen molar-refractivity contribution in [2.75, 3.05) is 39.2 Å². The maximum atomic E-state index is 13.0. The van der Waals surface area contributed by atoms with Crippen LogP contribution in [0, 0.1) is 0 Å². The van der Waals surface area contributed by atoms with Crippen LogP contribution in [0.3, 0.4) is 0 Å². The number of amides is 2. The number of likely N-dealkylation sites (tertiary alicyclic amines) is 1. The predicted octanol–water partition coefficient (Wildman–Crippen LogP) is 2.65. The van der Waals surface area contributed by atoms with Gasteiger partial charge in [-0.3, -0.25) is 9.59 Å². The fraction of sp³-hybridized carbons (Fsp3) is 0.450. The van der Waals surface area contributed by atoms with Crippen LogP contribution in [0.5, 0.6) is 5.75 Å². The molecule has 0 saturated carbocycles. The Balaban J connectivity index is 1.67. The van der Waals surface area contributed by atoms with Crippen molar-refractivity contribution in [3.05, 3.63) is 35.3 Å². The Morgan fingerprint density at radius 1 is 1.31 bits per heavy atom. The number of rotatable bonds is 8. The lowest BCUT2D eigenvalue weighted by Gasteiger charge is -2.34. The number of aromatic nitrogens is 1. The second-order valence-electron chi connectivity index (χ2n) is 6.69. The lowest BCUT2D eigenvalue weighted by molar-refractivity contribution is -0.126. The molecule has 1 atom stereocenters. The molecule has 156 valence electrons. The Bertz CT molecular complexity index is 841. The zero-order valence-electron chi connectivity index (χ0n) is 16.6. The Morgan fingerprint density at radius 3 is 2.97 bits per heavy atom. The van der Waals surface area contributed by atoms with Crippen molar-refractivity contribution < 1.29 is 19.1 Å². The number of carbonyl (C=O) groups is 2. The van der Waals surface area contributed by atoms with Gasteiger partial charge in [0.05, 0.1) is 13.7 Å². The highest BCUT2D eigenvalue weighted by molar-refractivity contribution is 7.14. The second kappa shape index (κ2) is 10.2. The number of thiazole rings is 1. The summed E-state index contributed by atoms with van der Waals surface area (Å²) in [5.41, 5.74) is 1.17. The van der Waals surface area contributed by atoms with E-state index in [-0.39, 0.29) is 11.8 Å². The van der Waals surface area contributed by atoms with Crippen LogP contribution in [0.15, 0.2) is 29.6 Å². The molecule has 1 aliphatic heterocycles. The third-order valence-electron chi connectivity index (χ3n) is 4.72. The monoisotopic (exact) mass is 418 g/mol. The maximum Gasteiger partial charge on any atom is 0.274 e. The molecule has 0 radical (unpaired) electrons. The van der Waals surface area contributed by atoms with Gasteiger partial charge in [-0.15, -0.1) is 11.3 Å². The van der Waals surface area contributed by atoms with Gasteiger partial charge in [-0.25, -0.2) is 4.98 Å². The predicted molar refractivity (Wildman–Crippen MR) is 112 cm³/mol. The minimum Gasteiger partial charge on any atom is -0.497 e. The molecule has 2 heterocycles. The number of anilines is 2. The van der Waals surface area contributed by atoms with Gasteiger partial charge in [0.15, 0.2) is 5.13 Å². The Kier molecular flexibility index (Phi) is 7.42. The molecule has 29 heavy (non-hydrogen) atoms. The van der Waals surface area contributed by atoms with E-state index in [1.807, 2.05) is 24.3 Å². The van der Waals surface area contributed by atoms with Crippen LogP contribution in [-0.2, 0) is 9.53 Å². The SMILES string of the molecule is COCCNC(=O)C1CCCCN1C(=O)c1csc(Nc2cccc(OC)c2)n1. The van der Waals surface area contributed by atoms with E-state index in [0.717, 1.165) is 24.3 Å². The van der Waals surface area contributed by atoms with Crippen LogP contribution < -0.4 is 15.4 Å². The molecule has 2 amide bonds. The normalized spacial score (nSPS) is 16.3. The van der Waals surface area contributed by atoms with Gasteiger partial charge >= 0.3 is 0 Å². The van der Waals surface area contributed by atoms with Crippen molar-refractivity contribution in [2.45, 2.75) is 25.3 Å². The summed E-state index contributed by atoms with van der Waals surface area (Å²) in [4.78, 5) is 31.6. The first-order valence-corrected chi connectivity index (χ1v) is 10.4. The van der Waals surface area contributed by atoms with Crippen LogP contribution in [-0.4, -0.2) is 61.7 Å². The van der Waals surface area contributed by atoms with Crippen LogP contribution in [0.4, 0.5) is 10.8 Å². The average molecular weight is 419 g/mol. The summed E-state index contributed by atoms with van der Waals surface area (Å²) in [5.74, 6) is 0.380. The van der Waals surface area contributed by atoms with Crippen molar-refractivity contribution in [1.82, 2.24) is 15.2 Å². The highest BCUT2D eigenvalue weighted by atomic mass is 32.1. The molecule has 1 aromatic carbocycles. The second-order valence-corrected chi connectivity index (χ2v) is 7.55. The third kappa shape index (κ3) is 5.45. The van der Waals surface area contributed by atoms with E-state index in [1.165, 1.54) is 11.3 Å². The van der Waals surface area contributed by atoms with Gasteiger partial charge in [0.1, 0.15) is 17.5 Å². The average Bonchev–Trinajstić information content (AvgIpc) is 3.22. The van der Waals surface area contributed by atoms with E-state index in [9.17, 15) is 9.59 Å². The third-order valence-corrected chi connectivity index (χ3v) is 5.47. The first-order valence-electron chi connectivity index (χ1n) is 9.56. The van der Waals surface area contributed by atoms with E-state index >= 15 is 0 Å². The van der Waals surface area contributed by atoms with Gasteiger partial charge in [-0.05, 0) is 31.4 Å². The standard InChI is InChI=1S/C20H26N4O4S/c1-27-11-9-21-18(25)17-8-3-4-10-24(17)19(26)16-13-29-20(23-16)22-14-6-5-7-15(12-14)28-2/h5-7,12-13,17H,3-4,8-11H2,1-2H3,(H,21,25)(H,22,23). The van der Waals surface area contributed by atoms with Crippen molar-refractivity contribution in [2.24, 2.45) is 0 Å². The molecule has 9 heteroatoms. The highest BCUT2D eigenvalue weighted by Crippen LogP contribution is 2.26. The van der Waals surface area contributed by atoms with Crippen molar-refractivity contribution in [1.29, 1.82) is 0 Å². The molecule has 1 aliphatic rings. The molecule has 2 N–H and O–H groups in total. The van der Waals surface area contributed by atoms with Crippen LogP contribution in [0.2, 0.25) is 0 Å². The molecule has 0 spiro atoms. The molecule has 1 fully saturated rings. The zero-order valence-corrected chi connectivity index (χ0v) is 17.5. The molecular weight excluding hydrogens is 392 g/mol. The Labute approximate surface area is 174 Å². The Morgan fingerprint density at radius 2 is 2.17 bits per heavy atom. The smallest absolute Gasteiger partial charge is 0.274 e. The van der Waals surface area contributed by atoms with Gasteiger partial charge in [0.2, 0.25) is 5.91 Å². The van der Waals surface area contributed by atoms with Gasteiger partial charge in [0.25, 0.3) is 5.91 Å². The van der Waals surface area contributed by atoms with Crippen molar-refractivity contribution in [3.63, 3.8) is 0 Å². The summed E-state index contributed by atoms with van der Waals surface area (Å²) < 4.78 is 10.2. The number of ether oxygens (including phenoxy) is 2. The number of methoxy groups -OCH3 is 2. The number of hydrogen-bond donors (Lipinski definition) is 2. The van der Waals surface area contributed by atoms with Gasteiger partial charge in [-0.2, -0.15) is 0 Å². The van der Waals surface area contributed by atoms with Crippen molar-refractivity contribution >= 4 is 34.0 Å². The minimum atomic E-state index is -0.468. The Hall–Kier alpha value is -2.65. The zero-order chi connectivity index (χ0) is 20.6. The number of carbonyl (C=O) groups excluding carboxylic acids is 2. The van der Waals surface area contributed by atoms with E-state index in [2.05, 4.69) is 15.6 Å². The summed E-state index contributed by atoms with van der Waals surface area (Å²) in [5, 5.41) is 8.36. The fourth-order valence-corrected chi connectivity index (χ4v) is 3.95. The number of nitrogens with zero attached hydrogens (tertiary/aromatic N) is 2. The van der Waals surface area contributed by atoms with Gasteiger partial charge in [-0.1, -0.05) is 6.07 Å². The topological polar surface area (TPSA) is 92.8 Å². The van der Waals surface area contributed by atoms with E-state index in [0.29, 0.717) is 36.9 Å². The first-order chi connectivity index (χ1) is 14.1. The number of piperidine rings is 1. The number of nitrogens with one attached hydrogen (secondary N) is 2. The number of benzene rings is 1. The number of hydrogen-bond acceptors (Lipinski definition) is 7. The molecule has 1 unspecified atom stereocenters. The molecule has 0 bridgehead atoms. The summed E-state index contributed by atoms with van der Waals surface area (Å²) in [6, 6.07) is 7.02. The lowest BCUT2D eigenvalue weighted by atomic mass is 10.0. The summed E-state index contributed by atoms with van der Waals surface area (Å²) >= 11 is 1.35. The van der Waals surface area contributed by atoms with Crippen molar-refractivity contribution in [3.8, 4) is 5.75 Å². The summed E-state index contributed by atoms with van der Waals surface area (Å²) in [6.07, 6.45) is 2.46. The molecule has 3 rings (SSSR count). The molecular formula is C20H26N4O4S. The maximum absolute atomic E-state index is 13.0. The van der Waals surface area contributed by atoms with Gasteiger partial charge in [0, 0.05) is 37.3 Å².